The van der Waals surface area contributed by atoms with Gasteiger partial charge in [0, 0.05) is 56.0 Å². The van der Waals surface area contributed by atoms with Crippen LogP contribution < -0.4 is 14.0 Å². The van der Waals surface area contributed by atoms with E-state index in [4.69, 9.17) is 37.6 Å². The van der Waals surface area contributed by atoms with Gasteiger partial charge in [0.25, 0.3) is 0 Å². The lowest BCUT2D eigenvalue weighted by atomic mass is 9.64. The van der Waals surface area contributed by atoms with Gasteiger partial charge in [0.2, 0.25) is 20.4 Å². The van der Waals surface area contributed by atoms with E-state index in [1.165, 1.54) is 18.2 Å². The number of ketones is 3. The summed E-state index contributed by atoms with van der Waals surface area (Å²) >= 11 is 0. The Morgan fingerprint density at radius 1 is 0.481 bits per heavy atom. The number of esters is 4. The maximum Gasteiger partial charge on any atom is 0.526 e. The minimum atomic E-state index is -1.20. The number of Topliss-reactive ketones (excluding diaryl/α,β-unsaturated/α-hetero) is 3. The zero-order valence-electron chi connectivity index (χ0n) is 45.5. The third-order valence-electron chi connectivity index (χ3n) is 12.2. The van der Waals surface area contributed by atoms with Gasteiger partial charge in [-0.15, -0.1) is 0 Å². The lowest BCUT2D eigenvalue weighted by molar-refractivity contribution is -0.156. The molecule has 3 N–H and O–H groups in total. The second-order valence-corrected chi connectivity index (χ2v) is 18.7. The molecule has 0 amide bonds. The SMILES string of the molecule is CCC(=O)C[C@H]1Cc2cccc(C(=O)OCOC(=O)C(C)C)c2OB1O.CCC(=O)C[C@H]1Cc2cccc(C(=O)OCOC(=O)OC(C)C)c2OB1O.CCOC(=O)OCOC(=O)c1cccc2c1OB(O)[C@@H](CC(=O)CC)C2. The number of para-hydroxylation sites is 3. The van der Waals surface area contributed by atoms with Gasteiger partial charge in [0.05, 0.1) is 18.6 Å². The molecule has 3 aromatic rings. The van der Waals surface area contributed by atoms with Gasteiger partial charge in [-0.2, -0.15) is 0 Å². The van der Waals surface area contributed by atoms with Crippen LogP contribution >= 0.6 is 0 Å². The zero-order chi connectivity index (χ0) is 58.3. The Morgan fingerprint density at radius 3 is 1.11 bits per heavy atom. The smallest absolute Gasteiger partial charge is 0.526 e. The maximum absolute atomic E-state index is 12.3. The largest absolute Gasteiger partial charge is 0.535 e. The molecular weight excluding hydrogens is 1040 g/mol. The summed E-state index contributed by atoms with van der Waals surface area (Å²) < 4.78 is 54.6. The van der Waals surface area contributed by atoms with E-state index in [0.29, 0.717) is 49.7 Å². The fraction of sp³-hybridized carbons (Fsp3) is 0.491. The minimum Gasteiger partial charge on any atom is -0.535 e. The first-order valence-corrected chi connectivity index (χ1v) is 25.9. The van der Waals surface area contributed by atoms with Crippen molar-refractivity contribution in [3.05, 3.63) is 88.0 Å². The first kappa shape index (κ1) is 64.1. The van der Waals surface area contributed by atoms with Crippen LogP contribution in [0.3, 0.4) is 0 Å². The van der Waals surface area contributed by atoms with Crippen LogP contribution in [0, 0.1) is 5.92 Å². The Balaban J connectivity index is 0.000000255. The Kier molecular flexibility index (Phi) is 25.8. The summed E-state index contributed by atoms with van der Waals surface area (Å²) in [7, 11) is -3.56. The normalized spacial score (nSPS) is 15.7. The van der Waals surface area contributed by atoms with Gasteiger partial charge >= 0.3 is 57.5 Å². The van der Waals surface area contributed by atoms with Crippen LogP contribution in [0.15, 0.2) is 54.6 Å². The van der Waals surface area contributed by atoms with E-state index in [1.807, 2.05) is 0 Å². The average molecular weight is 1100 g/mol. The summed E-state index contributed by atoms with van der Waals surface area (Å²) in [5, 5.41) is 30.5. The van der Waals surface area contributed by atoms with Gasteiger partial charge in [-0.25, -0.2) is 24.0 Å². The number of rotatable bonds is 21. The molecule has 426 valence electrons. The van der Waals surface area contributed by atoms with Crippen molar-refractivity contribution in [1.82, 2.24) is 0 Å². The number of hydrogen-bond acceptors (Lipinski definition) is 23. The van der Waals surface area contributed by atoms with E-state index >= 15 is 0 Å². The highest BCUT2D eigenvalue weighted by molar-refractivity contribution is 6.48. The van der Waals surface area contributed by atoms with E-state index in [1.54, 1.807) is 91.8 Å². The van der Waals surface area contributed by atoms with Crippen molar-refractivity contribution in [1.29, 1.82) is 0 Å². The fourth-order valence-electron chi connectivity index (χ4n) is 7.96. The number of benzene rings is 3. The predicted octanol–water partition coefficient (Wildman–Crippen LogP) is 6.80. The molecule has 6 rings (SSSR count). The third-order valence-corrected chi connectivity index (χ3v) is 12.2. The Hall–Kier alpha value is -7.44. The highest BCUT2D eigenvalue weighted by atomic mass is 16.8. The van der Waals surface area contributed by atoms with Crippen LogP contribution in [0.25, 0.3) is 0 Å². The highest BCUT2D eigenvalue weighted by Gasteiger charge is 2.40. The molecule has 23 nitrogen and oxygen atoms in total. The van der Waals surface area contributed by atoms with Crippen LogP contribution in [0.4, 0.5) is 9.59 Å². The number of hydrogen-bond donors (Lipinski definition) is 3. The molecule has 3 atom stereocenters. The van der Waals surface area contributed by atoms with E-state index < -0.39 is 77.9 Å². The van der Waals surface area contributed by atoms with Crippen molar-refractivity contribution in [2.24, 2.45) is 5.92 Å². The Bertz CT molecular complexity index is 2620. The standard InChI is InChI=1S/C18H23BO8.C18H23BO7.C17H21BO8/c1-4-14(20)9-13-8-12-6-5-7-15(16(12)27-19(13)23)17(21)24-10-25-18(22)26-11(2)3;1-4-14(20)9-13-8-12-6-5-7-15(16(12)26-19(13)23)18(22)25-10-24-17(21)11(2)3;1-3-13(19)9-12-8-11-6-5-7-14(15(11)26-18(12)22)16(20)24-10-25-17(21)23-4-2/h5-7,11,13,23H,4,8-10H2,1-3H3;5-7,11,13,23H,4,8-10H2,1-3H3;5-7,12,22H,3-4,8-10H2,1-2H3/t2*13-;12-/m111/s1. The van der Waals surface area contributed by atoms with Crippen molar-refractivity contribution >= 4 is 74.9 Å². The van der Waals surface area contributed by atoms with E-state index in [9.17, 15) is 58.2 Å². The summed E-state index contributed by atoms with van der Waals surface area (Å²) in [5.74, 6) is -3.35. The van der Waals surface area contributed by atoms with Crippen molar-refractivity contribution < 1.29 is 110 Å². The van der Waals surface area contributed by atoms with Crippen molar-refractivity contribution in [3.63, 3.8) is 0 Å². The number of ether oxygens (including phenoxy) is 8. The van der Waals surface area contributed by atoms with Crippen LogP contribution in [-0.4, -0.2) is 123 Å². The molecule has 0 bridgehead atoms. The molecule has 0 aromatic heterocycles. The van der Waals surface area contributed by atoms with E-state index in [-0.39, 0.29) is 107 Å². The van der Waals surface area contributed by atoms with Crippen molar-refractivity contribution in [2.75, 3.05) is 27.0 Å². The van der Waals surface area contributed by atoms with Crippen molar-refractivity contribution in [2.45, 2.75) is 137 Å². The molecule has 3 aliphatic heterocycles. The third kappa shape index (κ3) is 19.8. The first-order chi connectivity index (χ1) is 37.6. The molecule has 3 aliphatic rings. The molecule has 3 heterocycles. The molecule has 0 spiro atoms. The maximum atomic E-state index is 12.3. The van der Waals surface area contributed by atoms with E-state index in [2.05, 4.69) is 14.2 Å². The Morgan fingerprint density at radius 2 is 0.810 bits per heavy atom. The monoisotopic (exact) mass is 1100 g/mol. The minimum absolute atomic E-state index is 0.0343. The lowest BCUT2D eigenvalue weighted by Gasteiger charge is -2.28. The second kappa shape index (κ2) is 31.8. The van der Waals surface area contributed by atoms with Gasteiger partial charge < -0.3 is 66.9 Å². The Labute approximate surface area is 458 Å². The topological polar surface area (TPSA) is 316 Å². The van der Waals surface area contributed by atoms with Gasteiger partial charge in [-0.05, 0) is 74.9 Å². The predicted molar refractivity (Wildman–Crippen MR) is 280 cm³/mol. The van der Waals surface area contributed by atoms with Crippen LogP contribution in [-0.2, 0) is 76.3 Å². The fourth-order valence-corrected chi connectivity index (χ4v) is 7.96. The summed E-state index contributed by atoms with van der Waals surface area (Å²) in [5.41, 5.74) is 2.47. The first-order valence-electron chi connectivity index (χ1n) is 25.9. The molecule has 0 saturated heterocycles. The summed E-state index contributed by atoms with van der Waals surface area (Å²) in [6.07, 6.45) is 0.815. The van der Waals surface area contributed by atoms with Crippen molar-refractivity contribution in [3.8, 4) is 17.2 Å². The molecule has 0 radical (unpaired) electrons. The molecule has 0 unspecified atom stereocenters. The molecule has 79 heavy (non-hydrogen) atoms. The quantitative estimate of drug-likeness (QED) is 0.0427. The molecule has 26 heteroatoms. The van der Waals surface area contributed by atoms with Crippen LogP contribution in [0.2, 0.25) is 17.5 Å². The van der Waals surface area contributed by atoms with E-state index in [0.717, 1.165) is 5.56 Å². The molecule has 3 aromatic carbocycles. The zero-order valence-corrected chi connectivity index (χ0v) is 45.5. The second-order valence-electron chi connectivity index (χ2n) is 18.7. The molecular formula is C53H67B3O23. The van der Waals surface area contributed by atoms with Gasteiger partial charge in [-0.1, -0.05) is 71.0 Å². The van der Waals surface area contributed by atoms with Gasteiger partial charge in [0.1, 0.15) is 51.3 Å². The number of fused-ring (bicyclic) bond motifs is 3. The summed E-state index contributed by atoms with van der Waals surface area (Å²) in [4.78, 5) is 105. The lowest BCUT2D eigenvalue weighted by Crippen LogP contribution is -2.35. The molecule has 0 aliphatic carbocycles. The number of carbonyl (C=O) groups is 9. The van der Waals surface area contributed by atoms with Crippen LogP contribution in [0.5, 0.6) is 17.2 Å². The van der Waals surface area contributed by atoms with Crippen LogP contribution in [0.1, 0.15) is 142 Å². The summed E-state index contributed by atoms with van der Waals surface area (Å²) in [6.45, 7) is 12.0. The van der Waals surface area contributed by atoms with Gasteiger partial charge in [0.15, 0.2) is 0 Å². The number of carbonyl (C=O) groups excluding carboxylic acids is 9. The molecule has 0 fully saturated rings. The molecule has 0 saturated carbocycles. The highest BCUT2D eigenvalue weighted by Crippen LogP contribution is 2.39. The average Bonchev–Trinajstić information content (AvgIpc) is 3.45. The van der Waals surface area contributed by atoms with Gasteiger partial charge in [-0.3, -0.25) is 19.2 Å². The summed E-state index contributed by atoms with van der Waals surface area (Å²) in [6, 6.07) is 14.8.